The van der Waals surface area contributed by atoms with Gasteiger partial charge in [-0.15, -0.1) is 0 Å². The number of benzene rings is 2. The molecule has 0 aliphatic rings. The highest BCUT2D eigenvalue weighted by Gasteiger charge is 2.14. The van der Waals surface area contributed by atoms with Crippen molar-refractivity contribution in [2.75, 3.05) is 18.5 Å². The lowest BCUT2D eigenvalue weighted by Crippen LogP contribution is -2.26. The van der Waals surface area contributed by atoms with E-state index in [1.807, 2.05) is 13.8 Å². The number of rotatable bonds is 9. The van der Waals surface area contributed by atoms with E-state index >= 15 is 0 Å². The van der Waals surface area contributed by atoms with Crippen LogP contribution in [0, 0.1) is 13.8 Å². The number of aryl methyl sites for hydroxylation is 2. The second-order valence-electron chi connectivity index (χ2n) is 6.60. The molecule has 2 rings (SSSR count). The van der Waals surface area contributed by atoms with E-state index in [4.69, 9.17) is 4.74 Å². The third-order valence-electron chi connectivity index (χ3n) is 4.32. The van der Waals surface area contributed by atoms with Crippen LogP contribution >= 0.6 is 0 Å². The summed E-state index contributed by atoms with van der Waals surface area (Å²) in [4.78, 5) is 24.0. The monoisotopic (exact) mass is 418 g/mol. The molecule has 0 saturated carbocycles. The highest BCUT2D eigenvalue weighted by molar-refractivity contribution is 7.89. The Hall–Kier alpha value is -2.71. The van der Waals surface area contributed by atoms with E-state index in [-0.39, 0.29) is 30.4 Å². The fourth-order valence-corrected chi connectivity index (χ4v) is 3.74. The predicted molar refractivity (Wildman–Crippen MR) is 111 cm³/mol. The molecule has 29 heavy (non-hydrogen) atoms. The first kappa shape index (κ1) is 22.6. The first-order valence-corrected chi connectivity index (χ1v) is 10.8. The maximum Gasteiger partial charge on any atom is 0.338 e. The van der Waals surface area contributed by atoms with Crippen molar-refractivity contribution in [3.8, 4) is 0 Å². The van der Waals surface area contributed by atoms with Crippen molar-refractivity contribution >= 4 is 27.6 Å². The summed E-state index contributed by atoms with van der Waals surface area (Å²) in [6.45, 7) is 5.91. The van der Waals surface area contributed by atoms with Crippen molar-refractivity contribution < 1.29 is 22.7 Å². The second kappa shape index (κ2) is 10.2. The topological polar surface area (TPSA) is 102 Å². The van der Waals surface area contributed by atoms with Gasteiger partial charge in [0, 0.05) is 18.7 Å². The molecule has 1 amide bonds. The lowest BCUT2D eigenvalue weighted by molar-refractivity contribution is -0.116. The van der Waals surface area contributed by atoms with Gasteiger partial charge in [-0.25, -0.2) is 17.9 Å². The van der Waals surface area contributed by atoms with E-state index in [0.717, 1.165) is 11.1 Å². The summed E-state index contributed by atoms with van der Waals surface area (Å²) >= 11 is 0. The molecule has 2 aromatic carbocycles. The van der Waals surface area contributed by atoms with Crippen molar-refractivity contribution in [1.29, 1.82) is 0 Å². The van der Waals surface area contributed by atoms with Gasteiger partial charge in [-0.05, 0) is 68.7 Å². The second-order valence-corrected chi connectivity index (χ2v) is 8.36. The lowest BCUT2D eigenvalue weighted by Gasteiger charge is -2.09. The van der Waals surface area contributed by atoms with Crippen LogP contribution in [-0.2, 0) is 19.6 Å². The van der Waals surface area contributed by atoms with Gasteiger partial charge in [0.15, 0.2) is 0 Å². The minimum Gasteiger partial charge on any atom is -0.462 e. The van der Waals surface area contributed by atoms with Gasteiger partial charge in [0.25, 0.3) is 0 Å². The van der Waals surface area contributed by atoms with E-state index in [2.05, 4.69) is 10.0 Å². The summed E-state index contributed by atoms with van der Waals surface area (Å²) in [6.07, 6.45) is 0.479. The average molecular weight is 419 g/mol. The van der Waals surface area contributed by atoms with Crippen LogP contribution in [0.25, 0.3) is 0 Å². The van der Waals surface area contributed by atoms with Crippen molar-refractivity contribution in [3.63, 3.8) is 0 Å². The van der Waals surface area contributed by atoms with E-state index in [0.29, 0.717) is 17.7 Å². The van der Waals surface area contributed by atoms with Gasteiger partial charge >= 0.3 is 5.97 Å². The number of nitrogens with one attached hydrogen (secondary N) is 2. The van der Waals surface area contributed by atoms with Crippen molar-refractivity contribution in [2.45, 2.75) is 38.5 Å². The van der Waals surface area contributed by atoms with Gasteiger partial charge < -0.3 is 10.1 Å². The molecule has 0 fully saturated rings. The van der Waals surface area contributed by atoms with Gasteiger partial charge in [-0.2, -0.15) is 0 Å². The van der Waals surface area contributed by atoms with E-state index in [9.17, 15) is 18.0 Å². The third kappa shape index (κ3) is 6.69. The van der Waals surface area contributed by atoms with Gasteiger partial charge in [-0.1, -0.05) is 12.1 Å². The summed E-state index contributed by atoms with van der Waals surface area (Å²) in [6, 6.07) is 11.4. The Bertz CT molecular complexity index is 986. The van der Waals surface area contributed by atoms with Gasteiger partial charge in [0.2, 0.25) is 15.9 Å². The summed E-state index contributed by atoms with van der Waals surface area (Å²) in [5.74, 6) is -0.722. The maximum atomic E-state index is 12.3. The van der Waals surface area contributed by atoms with Gasteiger partial charge in [0.05, 0.1) is 17.1 Å². The zero-order chi connectivity index (χ0) is 21.4. The third-order valence-corrected chi connectivity index (χ3v) is 5.78. The number of hydrogen-bond acceptors (Lipinski definition) is 5. The molecule has 0 radical (unpaired) electrons. The van der Waals surface area contributed by atoms with Crippen LogP contribution < -0.4 is 10.0 Å². The number of sulfonamides is 1. The standard InChI is InChI=1S/C21H26N2O5S/c1-4-28-21(25)17-7-5-8-18(14-17)23-20(24)9-6-12-22-29(26,27)19-11-10-15(2)16(3)13-19/h5,7-8,10-11,13-14,22H,4,6,9,12H2,1-3H3,(H,23,24). The Morgan fingerprint density at radius 2 is 1.79 bits per heavy atom. The Labute approximate surface area is 171 Å². The van der Waals surface area contributed by atoms with Crippen LogP contribution in [0.1, 0.15) is 41.3 Å². The van der Waals surface area contributed by atoms with Crippen LogP contribution in [0.3, 0.4) is 0 Å². The smallest absolute Gasteiger partial charge is 0.338 e. The number of carbonyl (C=O) groups excluding carboxylic acids is 2. The highest BCUT2D eigenvalue weighted by atomic mass is 32.2. The summed E-state index contributed by atoms with van der Waals surface area (Å²) < 4.78 is 32.1. The highest BCUT2D eigenvalue weighted by Crippen LogP contribution is 2.15. The van der Waals surface area contributed by atoms with Crippen molar-refractivity contribution in [1.82, 2.24) is 4.72 Å². The Kier molecular flexibility index (Phi) is 7.92. The maximum absolute atomic E-state index is 12.3. The Morgan fingerprint density at radius 3 is 2.48 bits per heavy atom. The summed E-state index contributed by atoms with van der Waals surface area (Å²) in [5, 5.41) is 2.70. The molecule has 0 spiro atoms. The average Bonchev–Trinajstić information content (AvgIpc) is 2.67. The molecule has 0 atom stereocenters. The largest absolute Gasteiger partial charge is 0.462 e. The zero-order valence-corrected chi connectivity index (χ0v) is 17.6. The first-order valence-electron chi connectivity index (χ1n) is 9.37. The number of carbonyl (C=O) groups is 2. The molecule has 156 valence electrons. The van der Waals surface area contributed by atoms with Crippen LogP contribution in [-0.4, -0.2) is 33.4 Å². The number of hydrogen-bond donors (Lipinski definition) is 2. The number of anilines is 1. The van der Waals surface area contributed by atoms with Gasteiger partial charge in [0.1, 0.15) is 0 Å². The SMILES string of the molecule is CCOC(=O)c1cccc(NC(=O)CCCNS(=O)(=O)c2ccc(C)c(C)c2)c1. The van der Waals surface area contributed by atoms with Crippen molar-refractivity contribution in [3.05, 3.63) is 59.2 Å². The molecule has 0 aliphatic carbocycles. The fourth-order valence-electron chi connectivity index (χ4n) is 2.58. The summed E-state index contributed by atoms with van der Waals surface area (Å²) in [7, 11) is -3.61. The molecular weight excluding hydrogens is 392 g/mol. The normalized spacial score (nSPS) is 11.1. The van der Waals surface area contributed by atoms with Gasteiger partial charge in [-0.3, -0.25) is 4.79 Å². The van der Waals surface area contributed by atoms with Crippen LogP contribution in [0.15, 0.2) is 47.4 Å². The summed E-state index contributed by atoms with van der Waals surface area (Å²) in [5.41, 5.74) is 2.76. The number of ether oxygens (including phenoxy) is 1. The molecule has 0 unspecified atom stereocenters. The van der Waals surface area contributed by atoms with Crippen LogP contribution in [0.5, 0.6) is 0 Å². The molecular formula is C21H26N2O5S. The number of esters is 1. The Morgan fingerprint density at radius 1 is 1.03 bits per heavy atom. The fraction of sp³-hybridized carbons (Fsp3) is 0.333. The molecule has 0 heterocycles. The molecule has 0 saturated heterocycles. The first-order chi connectivity index (χ1) is 13.7. The van der Waals surface area contributed by atoms with Crippen LogP contribution in [0.2, 0.25) is 0 Å². The Balaban J connectivity index is 1.83. The molecule has 7 nitrogen and oxygen atoms in total. The molecule has 2 N–H and O–H groups in total. The molecule has 0 bridgehead atoms. The molecule has 0 aliphatic heterocycles. The van der Waals surface area contributed by atoms with E-state index < -0.39 is 16.0 Å². The quantitative estimate of drug-likeness (QED) is 0.481. The van der Waals surface area contributed by atoms with E-state index in [1.165, 1.54) is 0 Å². The lowest BCUT2D eigenvalue weighted by atomic mass is 10.1. The minimum absolute atomic E-state index is 0.138. The number of amides is 1. The van der Waals surface area contributed by atoms with Crippen LogP contribution in [0.4, 0.5) is 5.69 Å². The molecule has 0 aromatic heterocycles. The predicted octanol–water partition coefficient (Wildman–Crippen LogP) is 3.18. The van der Waals surface area contributed by atoms with E-state index in [1.54, 1.807) is 49.4 Å². The molecule has 2 aromatic rings. The minimum atomic E-state index is -3.61. The zero-order valence-electron chi connectivity index (χ0n) is 16.8. The molecule has 8 heteroatoms. The van der Waals surface area contributed by atoms with Crippen molar-refractivity contribution in [2.24, 2.45) is 0 Å².